The molecule has 0 amide bonds. The number of amidine groups is 2. The molecule has 0 aliphatic carbocycles. The van der Waals surface area contributed by atoms with Crippen molar-refractivity contribution in [1.82, 2.24) is 10.2 Å². The predicted molar refractivity (Wildman–Crippen MR) is 122 cm³/mol. The van der Waals surface area contributed by atoms with Crippen molar-refractivity contribution in [2.45, 2.75) is 32.6 Å². The normalized spacial score (nSPS) is 17.1. The zero-order valence-electron chi connectivity index (χ0n) is 17.5. The van der Waals surface area contributed by atoms with Crippen LogP contribution in [-0.2, 0) is 19.3 Å². The Morgan fingerprint density at radius 2 is 1.62 bits per heavy atom. The quantitative estimate of drug-likeness (QED) is 0.711. The molecular formula is C25H32N4. The number of benzene rings is 2. The van der Waals surface area contributed by atoms with Gasteiger partial charge in [0.05, 0.1) is 18.9 Å². The van der Waals surface area contributed by atoms with Gasteiger partial charge in [0.15, 0.2) is 0 Å². The SMILES string of the molecule is CC(Cc1ccc(CCC2=NCCN2)cc1)C1=NCCN1CCc1ccccc1. The fourth-order valence-corrected chi connectivity index (χ4v) is 4.27. The van der Waals surface area contributed by atoms with Gasteiger partial charge in [-0.1, -0.05) is 61.5 Å². The highest BCUT2D eigenvalue weighted by atomic mass is 15.2. The van der Waals surface area contributed by atoms with Crippen molar-refractivity contribution in [2.75, 3.05) is 32.7 Å². The molecule has 0 saturated heterocycles. The third-order valence-corrected chi connectivity index (χ3v) is 5.88. The minimum Gasteiger partial charge on any atom is -0.372 e. The zero-order valence-corrected chi connectivity index (χ0v) is 17.5. The molecule has 0 fully saturated rings. The summed E-state index contributed by atoms with van der Waals surface area (Å²) in [6, 6.07) is 19.9. The van der Waals surface area contributed by atoms with Crippen LogP contribution in [0.2, 0.25) is 0 Å². The summed E-state index contributed by atoms with van der Waals surface area (Å²) in [5.74, 6) is 2.91. The number of rotatable bonds is 9. The van der Waals surface area contributed by atoms with E-state index < -0.39 is 0 Å². The molecule has 0 radical (unpaired) electrons. The summed E-state index contributed by atoms with van der Waals surface area (Å²) in [5.41, 5.74) is 4.19. The van der Waals surface area contributed by atoms with E-state index >= 15 is 0 Å². The largest absolute Gasteiger partial charge is 0.372 e. The molecule has 4 nitrogen and oxygen atoms in total. The maximum absolute atomic E-state index is 4.84. The Morgan fingerprint density at radius 1 is 0.862 bits per heavy atom. The van der Waals surface area contributed by atoms with Crippen LogP contribution in [0, 0.1) is 5.92 Å². The molecule has 4 rings (SSSR count). The van der Waals surface area contributed by atoms with E-state index in [1.54, 1.807) is 0 Å². The highest BCUT2D eigenvalue weighted by molar-refractivity contribution is 5.86. The average molecular weight is 389 g/mol. The highest BCUT2D eigenvalue weighted by Crippen LogP contribution is 2.18. The summed E-state index contributed by atoms with van der Waals surface area (Å²) in [7, 11) is 0. The van der Waals surface area contributed by atoms with Gasteiger partial charge in [-0.3, -0.25) is 9.98 Å². The Kier molecular flexibility index (Phi) is 6.60. The van der Waals surface area contributed by atoms with E-state index in [9.17, 15) is 0 Å². The molecule has 1 N–H and O–H groups in total. The van der Waals surface area contributed by atoms with E-state index in [1.165, 1.54) is 22.5 Å². The first-order chi connectivity index (χ1) is 14.3. The van der Waals surface area contributed by atoms with Gasteiger partial charge in [-0.25, -0.2) is 0 Å². The number of hydrogen-bond acceptors (Lipinski definition) is 4. The van der Waals surface area contributed by atoms with Gasteiger partial charge in [0.1, 0.15) is 5.84 Å². The predicted octanol–water partition coefficient (Wildman–Crippen LogP) is 3.76. The van der Waals surface area contributed by atoms with E-state index in [2.05, 4.69) is 76.7 Å². The summed E-state index contributed by atoms with van der Waals surface area (Å²) in [4.78, 5) is 11.8. The molecular weight excluding hydrogens is 356 g/mol. The van der Waals surface area contributed by atoms with E-state index in [1.807, 2.05) is 0 Å². The van der Waals surface area contributed by atoms with Crippen molar-refractivity contribution in [2.24, 2.45) is 15.9 Å². The Balaban J connectivity index is 1.28. The molecule has 1 atom stereocenters. The smallest absolute Gasteiger partial charge is 0.102 e. The Labute approximate surface area is 174 Å². The van der Waals surface area contributed by atoms with Crippen LogP contribution in [0.3, 0.4) is 0 Å². The van der Waals surface area contributed by atoms with Crippen molar-refractivity contribution < 1.29 is 0 Å². The molecule has 152 valence electrons. The molecule has 0 saturated carbocycles. The van der Waals surface area contributed by atoms with Gasteiger partial charge in [-0.2, -0.15) is 0 Å². The van der Waals surface area contributed by atoms with Crippen LogP contribution >= 0.6 is 0 Å². The summed E-state index contributed by atoms with van der Waals surface area (Å²) in [5, 5.41) is 3.35. The molecule has 2 aliphatic rings. The van der Waals surface area contributed by atoms with E-state index in [0.29, 0.717) is 5.92 Å². The van der Waals surface area contributed by atoms with E-state index in [4.69, 9.17) is 4.99 Å². The average Bonchev–Trinajstić information content (AvgIpc) is 3.44. The number of hydrogen-bond donors (Lipinski definition) is 1. The lowest BCUT2D eigenvalue weighted by Crippen LogP contribution is -2.34. The fraction of sp³-hybridized carbons (Fsp3) is 0.440. The lowest BCUT2D eigenvalue weighted by atomic mass is 9.97. The van der Waals surface area contributed by atoms with Crippen LogP contribution in [0.1, 0.15) is 30.0 Å². The molecule has 29 heavy (non-hydrogen) atoms. The van der Waals surface area contributed by atoms with Gasteiger partial charge >= 0.3 is 0 Å². The summed E-state index contributed by atoms with van der Waals surface area (Å²) < 4.78 is 0. The number of nitrogens with one attached hydrogen (secondary N) is 1. The second-order valence-electron chi connectivity index (χ2n) is 8.14. The van der Waals surface area contributed by atoms with E-state index in [0.717, 1.165) is 64.2 Å². The number of aliphatic imine (C=N–C) groups is 2. The van der Waals surface area contributed by atoms with Crippen LogP contribution in [0.25, 0.3) is 0 Å². The summed E-state index contributed by atoms with van der Waals surface area (Å²) in [6.07, 6.45) is 4.21. The standard InChI is InChI=1S/C25H32N4/c1-20(25-28-16-18-29(25)17-13-21-5-3-2-4-6-21)19-23-9-7-22(8-10-23)11-12-24-26-14-15-27-24/h2-10,20H,11-19H2,1H3,(H,26,27). The zero-order chi connectivity index (χ0) is 19.9. The first-order valence-corrected chi connectivity index (χ1v) is 11.0. The monoisotopic (exact) mass is 388 g/mol. The molecule has 2 aliphatic heterocycles. The third-order valence-electron chi connectivity index (χ3n) is 5.88. The van der Waals surface area contributed by atoms with Crippen LogP contribution in [-0.4, -0.2) is 49.3 Å². The molecule has 2 heterocycles. The van der Waals surface area contributed by atoms with Gasteiger partial charge < -0.3 is 10.2 Å². The Morgan fingerprint density at radius 3 is 2.38 bits per heavy atom. The topological polar surface area (TPSA) is 40.0 Å². The highest BCUT2D eigenvalue weighted by Gasteiger charge is 2.22. The van der Waals surface area contributed by atoms with Crippen LogP contribution in [0.5, 0.6) is 0 Å². The summed E-state index contributed by atoms with van der Waals surface area (Å²) >= 11 is 0. The number of nitrogens with zero attached hydrogens (tertiary/aromatic N) is 3. The molecule has 1 unspecified atom stereocenters. The first-order valence-electron chi connectivity index (χ1n) is 11.0. The minimum absolute atomic E-state index is 0.455. The van der Waals surface area contributed by atoms with Gasteiger partial charge in [0.25, 0.3) is 0 Å². The molecule has 4 heteroatoms. The Hall–Kier alpha value is -2.62. The maximum Gasteiger partial charge on any atom is 0.102 e. The van der Waals surface area contributed by atoms with Crippen molar-refractivity contribution in [3.63, 3.8) is 0 Å². The van der Waals surface area contributed by atoms with Crippen LogP contribution < -0.4 is 5.32 Å². The summed E-state index contributed by atoms with van der Waals surface area (Å²) in [6.45, 7) is 7.30. The van der Waals surface area contributed by atoms with Crippen molar-refractivity contribution in [3.8, 4) is 0 Å². The van der Waals surface area contributed by atoms with Gasteiger partial charge in [-0.05, 0) is 36.0 Å². The maximum atomic E-state index is 4.84. The van der Waals surface area contributed by atoms with Crippen molar-refractivity contribution in [3.05, 3.63) is 71.3 Å². The van der Waals surface area contributed by atoms with Crippen LogP contribution in [0.15, 0.2) is 64.6 Å². The first kappa shape index (κ1) is 19.7. The number of aryl methyl sites for hydroxylation is 1. The molecule has 0 bridgehead atoms. The second kappa shape index (κ2) is 9.73. The molecule has 2 aromatic carbocycles. The van der Waals surface area contributed by atoms with Crippen molar-refractivity contribution in [1.29, 1.82) is 0 Å². The molecule has 0 spiro atoms. The third kappa shape index (κ3) is 5.47. The minimum atomic E-state index is 0.455. The van der Waals surface area contributed by atoms with Crippen LogP contribution in [0.4, 0.5) is 0 Å². The second-order valence-corrected chi connectivity index (χ2v) is 8.14. The fourth-order valence-electron chi connectivity index (χ4n) is 4.27. The van der Waals surface area contributed by atoms with E-state index in [-0.39, 0.29) is 0 Å². The lowest BCUT2D eigenvalue weighted by molar-refractivity contribution is 0.438. The molecule has 0 aromatic heterocycles. The Bertz CT molecular complexity index is 839. The lowest BCUT2D eigenvalue weighted by Gasteiger charge is -2.24. The van der Waals surface area contributed by atoms with Crippen molar-refractivity contribution >= 4 is 11.7 Å². The van der Waals surface area contributed by atoms with Gasteiger partial charge in [-0.15, -0.1) is 0 Å². The molecule has 2 aromatic rings. The van der Waals surface area contributed by atoms with Gasteiger partial charge in [0, 0.05) is 32.0 Å². The van der Waals surface area contributed by atoms with Gasteiger partial charge in [0.2, 0.25) is 0 Å².